The van der Waals surface area contributed by atoms with Gasteiger partial charge in [0.15, 0.2) is 0 Å². The molecule has 0 fully saturated rings. The van der Waals surface area contributed by atoms with Crippen molar-refractivity contribution in [1.29, 1.82) is 0 Å². The van der Waals surface area contributed by atoms with Crippen LogP contribution in [0.1, 0.15) is 31.4 Å². The molecule has 2 heterocycles. The topological polar surface area (TPSA) is 25.8 Å². The first-order valence-corrected chi connectivity index (χ1v) is 7.12. The zero-order valence-electron chi connectivity index (χ0n) is 13.9. The molecule has 0 saturated heterocycles. The van der Waals surface area contributed by atoms with Gasteiger partial charge in [-0.2, -0.15) is 5.56 Å². The SMILES string of the molecule is [C-]#CC.[CH-]=Cc1ccnc(-c2cc(C=CCC#CC)ccn2)c1.[Th+2]. The summed E-state index contributed by atoms with van der Waals surface area (Å²) in [5.41, 5.74) is 3.65. The molecule has 2 aromatic heterocycles. The van der Waals surface area contributed by atoms with Gasteiger partial charge in [-0.3, -0.25) is 16.5 Å². The third-order valence-electron chi connectivity index (χ3n) is 2.73. The van der Waals surface area contributed by atoms with E-state index in [1.807, 2.05) is 49.3 Å². The number of nitrogens with zero attached hydrogens (tertiary/aromatic N) is 2. The van der Waals surface area contributed by atoms with E-state index in [9.17, 15) is 0 Å². The molecule has 0 aromatic carbocycles. The van der Waals surface area contributed by atoms with Crippen molar-refractivity contribution in [2.75, 3.05) is 0 Å². The number of allylic oxidation sites excluding steroid dienone is 1. The minimum absolute atomic E-state index is 0. The molecule has 0 saturated carbocycles. The molecule has 0 bridgehead atoms. The third kappa shape index (κ3) is 8.18. The van der Waals surface area contributed by atoms with Gasteiger partial charge in [0.2, 0.25) is 0 Å². The maximum Gasteiger partial charge on any atom is 2.00 e. The molecule has 3 heteroatoms. The normalized spacial score (nSPS) is 8.71. The molecule has 0 aliphatic carbocycles. The average Bonchev–Trinajstić information content (AvgIpc) is 2.60. The van der Waals surface area contributed by atoms with Gasteiger partial charge in [-0.05, 0) is 31.5 Å². The van der Waals surface area contributed by atoms with Crippen LogP contribution in [-0.2, 0) is 0 Å². The van der Waals surface area contributed by atoms with E-state index < -0.39 is 0 Å². The first kappa shape index (κ1) is 22.2. The molecule has 2 nitrogen and oxygen atoms in total. The van der Waals surface area contributed by atoms with Gasteiger partial charge in [0.25, 0.3) is 0 Å². The molecule has 0 aliphatic heterocycles. The van der Waals surface area contributed by atoms with Gasteiger partial charge in [0.1, 0.15) is 0 Å². The molecule has 0 amide bonds. The summed E-state index contributed by atoms with van der Waals surface area (Å²) in [6, 6.07) is 7.73. The van der Waals surface area contributed by atoms with Crippen molar-refractivity contribution in [2.45, 2.75) is 20.3 Å². The van der Waals surface area contributed by atoms with Crippen molar-refractivity contribution in [2.24, 2.45) is 0 Å². The Labute approximate surface area is 177 Å². The van der Waals surface area contributed by atoms with Crippen molar-refractivity contribution in [1.82, 2.24) is 9.97 Å². The molecule has 0 N–H and O–H groups in total. The predicted molar refractivity (Wildman–Crippen MR) is 96.1 cm³/mol. The van der Waals surface area contributed by atoms with E-state index in [1.54, 1.807) is 25.4 Å². The molecule has 0 unspecified atom stereocenters. The van der Waals surface area contributed by atoms with Gasteiger partial charge in [0, 0.05) is 18.8 Å². The van der Waals surface area contributed by atoms with Crippen LogP contribution in [0.2, 0.25) is 0 Å². The predicted octanol–water partition coefficient (Wildman–Crippen LogP) is 4.61. The standard InChI is InChI=1S/C18H15N2.C3H3.Th/c1-3-5-6-7-8-16-10-12-20-18(14-16)17-13-15(4-2)9-11-19-17;1-3-2;/h2,4,7-14H,6H2,1H3;1H3;/q2*-1;+2. The fourth-order valence-electron chi connectivity index (χ4n) is 1.74. The molecule has 24 heavy (non-hydrogen) atoms. The maximum absolute atomic E-state index is 5.96. The van der Waals surface area contributed by atoms with Gasteiger partial charge in [-0.1, -0.05) is 18.1 Å². The van der Waals surface area contributed by atoms with Gasteiger partial charge >= 0.3 is 39.9 Å². The Kier molecular flexibility index (Phi) is 12.6. The summed E-state index contributed by atoms with van der Waals surface area (Å²) in [4.78, 5) is 8.67. The molecular formula is C21H18N2Th. The van der Waals surface area contributed by atoms with Crippen molar-refractivity contribution in [3.8, 4) is 29.1 Å². The number of rotatable bonds is 4. The summed E-state index contributed by atoms with van der Waals surface area (Å²) in [6.45, 7) is 8.90. The van der Waals surface area contributed by atoms with Crippen LogP contribution in [0.15, 0.2) is 42.7 Å². The zero-order valence-corrected chi connectivity index (χ0v) is 18.0. The quantitative estimate of drug-likeness (QED) is 0.427. The minimum atomic E-state index is 0. The zero-order chi connectivity index (χ0) is 16.9. The Morgan fingerprint density at radius 3 is 2.17 bits per heavy atom. The van der Waals surface area contributed by atoms with Gasteiger partial charge < -0.3 is 12.3 Å². The van der Waals surface area contributed by atoms with Crippen LogP contribution in [0.4, 0.5) is 0 Å². The molecular weight excluding hydrogens is 512 g/mol. The van der Waals surface area contributed by atoms with Crippen LogP contribution in [0, 0.1) is 70.7 Å². The largest absolute Gasteiger partial charge is 2.00 e. The van der Waals surface area contributed by atoms with Crippen LogP contribution >= 0.6 is 0 Å². The summed E-state index contributed by atoms with van der Waals surface area (Å²) >= 11 is 0. The van der Waals surface area contributed by atoms with E-state index in [0.29, 0.717) is 0 Å². The first-order chi connectivity index (χ1) is 11.2. The fraction of sp³-hybridized carbons (Fsp3) is 0.143. The Morgan fingerprint density at radius 1 is 1.08 bits per heavy atom. The fourth-order valence-corrected chi connectivity index (χ4v) is 1.74. The first-order valence-electron chi connectivity index (χ1n) is 7.12. The molecule has 2 aromatic rings. The minimum Gasteiger partial charge on any atom is -0.694 e. The van der Waals surface area contributed by atoms with E-state index in [4.69, 9.17) is 13.0 Å². The summed E-state index contributed by atoms with van der Waals surface area (Å²) in [5, 5.41) is 0. The van der Waals surface area contributed by atoms with Crippen molar-refractivity contribution in [3.05, 3.63) is 66.9 Å². The van der Waals surface area contributed by atoms with Crippen LogP contribution in [0.25, 0.3) is 23.5 Å². The molecule has 0 radical (unpaired) electrons. The number of aromatic nitrogens is 2. The molecule has 0 atom stereocenters. The molecule has 116 valence electrons. The van der Waals surface area contributed by atoms with Gasteiger partial charge in [-0.15, -0.1) is 18.1 Å². The summed E-state index contributed by atoms with van der Waals surface area (Å²) in [5.74, 6) is 7.86. The van der Waals surface area contributed by atoms with Crippen LogP contribution in [0.3, 0.4) is 0 Å². The second-order valence-corrected chi connectivity index (χ2v) is 4.40. The Balaban J connectivity index is 0.00000123. The van der Waals surface area contributed by atoms with Crippen LogP contribution in [0.5, 0.6) is 0 Å². The Bertz CT molecular complexity index is 774. The van der Waals surface area contributed by atoms with Gasteiger partial charge in [-0.25, -0.2) is 6.08 Å². The van der Waals surface area contributed by atoms with E-state index in [0.717, 1.165) is 28.9 Å². The summed E-state index contributed by atoms with van der Waals surface area (Å²) in [6.07, 6.45) is 15.8. The number of hydrogen-bond donors (Lipinski definition) is 0. The second kappa shape index (κ2) is 13.6. The van der Waals surface area contributed by atoms with Crippen molar-refractivity contribution >= 4 is 12.2 Å². The van der Waals surface area contributed by atoms with Gasteiger partial charge in [0.05, 0.1) is 11.4 Å². The summed E-state index contributed by atoms with van der Waals surface area (Å²) in [7, 11) is 0. The van der Waals surface area contributed by atoms with E-state index in [2.05, 4.69) is 21.8 Å². The smallest absolute Gasteiger partial charge is 0.694 e. The van der Waals surface area contributed by atoms with Crippen LogP contribution in [-0.4, -0.2) is 9.97 Å². The van der Waals surface area contributed by atoms with Crippen LogP contribution < -0.4 is 0 Å². The van der Waals surface area contributed by atoms with E-state index in [-0.39, 0.29) is 39.9 Å². The monoisotopic (exact) mass is 530 g/mol. The van der Waals surface area contributed by atoms with E-state index in [1.165, 1.54) is 0 Å². The van der Waals surface area contributed by atoms with Crippen molar-refractivity contribution < 1.29 is 39.9 Å². The van der Waals surface area contributed by atoms with E-state index >= 15 is 0 Å². The third-order valence-corrected chi connectivity index (χ3v) is 2.73. The Hall–Kier alpha value is -1.78. The van der Waals surface area contributed by atoms with Crippen molar-refractivity contribution in [3.63, 3.8) is 0 Å². The Morgan fingerprint density at radius 2 is 1.62 bits per heavy atom. The molecule has 2 rings (SSSR count). The second-order valence-electron chi connectivity index (χ2n) is 4.40. The number of hydrogen-bond acceptors (Lipinski definition) is 2. The summed E-state index contributed by atoms with van der Waals surface area (Å²) < 4.78 is 0. The maximum atomic E-state index is 5.96. The molecule has 0 spiro atoms. The average molecular weight is 530 g/mol. The molecule has 0 aliphatic rings. The number of pyridine rings is 2.